The minimum Gasteiger partial charge on any atom is -0.478 e. The maximum Gasteiger partial charge on any atom is 0.335 e. The summed E-state index contributed by atoms with van der Waals surface area (Å²) in [5.41, 5.74) is -0.131. The first-order valence-electron chi connectivity index (χ1n) is 7.15. The molecule has 1 aromatic rings. The van der Waals surface area contributed by atoms with Crippen molar-refractivity contribution in [3.63, 3.8) is 0 Å². The van der Waals surface area contributed by atoms with Crippen LogP contribution in [-0.4, -0.2) is 34.6 Å². The van der Waals surface area contributed by atoms with Crippen LogP contribution in [-0.2, 0) is 0 Å². The lowest BCUT2D eigenvalue weighted by molar-refractivity contribution is 0.0697. The highest BCUT2D eigenvalue weighted by Crippen LogP contribution is 2.35. The zero-order valence-electron chi connectivity index (χ0n) is 11.5. The van der Waals surface area contributed by atoms with Crippen LogP contribution in [0.5, 0.6) is 0 Å². The van der Waals surface area contributed by atoms with Gasteiger partial charge in [-0.15, -0.1) is 0 Å². The minimum atomic E-state index is -1.15. The van der Waals surface area contributed by atoms with E-state index in [-0.39, 0.29) is 23.3 Å². The number of urea groups is 1. The van der Waals surface area contributed by atoms with E-state index in [9.17, 15) is 14.0 Å². The van der Waals surface area contributed by atoms with Gasteiger partial charge in [-0.1, -0.05) is 0 Å². The van der Waals surface area contributed by atoms with E-state index in [2.05, 4.69) is 5.32 Å². The molecule has 5 nitrogen and oxygen atoms in total. The van der Waals surface area contributed by atoms with Crippen molar-refractivity contribution in [2.24, 2.45) is 5.92 Å². The monoisotopic (exact) mass is 292 g/mol. The zero-order valence-corrected chi connectivity index (χ0v) is 11.5. The lowest BCUT2D eigenvalue weighted by atomic mass is 10.2. The van der Waals surface area contributed by atoms with Gasteiger partial charge in [0.15, 0.2) is 0 Å². The topological polar surface area (TPSA) is 69.6 Å². The third kappa shape index (κ3) is 3.32. The number of amides is 2. The number of carbonyl (C=O) groups excluding carboxylic acids is 1. The van der Waals surface area contributed by atoms with E-state index in [0.29, 0.717) is 12.5 Å². The van der Waals surface area contributed by atoms with E-state index < -0.39 is 11.8 Å². The fourth-order valence-electron chi connectivity index (χ4n) is 2.30. The number of anilines is 1. The third-order valence-corrected chi connectivity index (χ3v) is 3.86. The standard InChI is InChI=1S/C15H17FN2O3/c16-12-6-3-10(14(19)20)7-13(12)17-15(21)18(11-4-5-11)8-9-1-2-9/h3,6-7,9,11H,1-2,4-5,8H2,(H,17,21)(H,19,20). The third-order valence-electron chi connectivity index (χ3n) is 3.86. The number of nitrogens with zero attached hydrogens (tertiary/aromatic N) is 1. The van der Waals surface area contributed by atoms with Gasteiger partial charge in [0.1, 0.15) is 5.82 Å². The Hall–Kier alpha value is -2.11. The summed E-state index contributed by atoms with van der Waals surface area (Å²) in [7, 11) is 0. The number of benzene rings is 1. The molecule has 2 fully saturated rings. The van der Waals surface area contributed by atoms with E-state index >= 15 is 0 Å². The van der Waals surface area contributed by atoms with Gasteiger partial charge in [-0.05, 0) is 49.8 Å². The van der Waals surface area contributed by atoms with Crippen LogP contribution in [0.3, 0.4) is 0 Å². The lowest BCUT2D eigenvalue weighted by Gasteiger charge is -2.23. The molecular formula is C15H17FN2O3. The van der Waals surface area contributed by atoms with Crippen LogP contribution >= 0.6 is 0 Å². The fourth-order valence-corrected chi connectivity index (χ4v) is 2.30. The number of carbonyl (C=O) groups is 2. The van der Waals surface area contributed by atoms with Crippen LogP contribution in [0.15, 0.2) is 18.2 Å². The number of hydrogen-bond donors (Lipinski definition) is 2. The van der Waals surface area contributed by atoms with Gasteiger partial charge < -0.3 is 15.3 Å². The molecule has 2 saturated carbocycles. The van der Waals surface area contributed by atoms with Crippen LogP contribution in [0.4, 0.5) is 14.9 Å². The molecule has 0 unspecified atom stereocenters. The second-order valence-corrected chi connectivity index (χ2v) is 5.76. The van der Waals surface area contributed by atoms with Gasteiger partial charge in [0.05, 0.1) is 11.3 Å². The highest BCUT2D eigenvalue weighted by Gasteiger charge is 2.36. The maximum absolute atomic E-state index is 13.7. The fraction of sp³-hybridized carbons (Fsp3) is 0.467. The normalized spacial score (nSPS) is 17.4. The van der Waals surface area contributed by atoms with Crippen molar-refractivity contribution in [2.45, 2.75) is 31.7 Å². The summed E-state index contributed by atoms with van der Waals surface area (Å²) < 4.78 is 13.7. The molecule has 2 N–H and O–H groups in total. The van der Waals surface area contributed by atoms with Crippen LogP contribution < -0.4 is 5.32 Å². The number of nitrogens with one attached hydrogen (secondary N) is 1. The summed E-state index contributed by atoms with van der Waals surface area (Å²) in [6.07, 6.45) is 4.24. The Bertz CT molecular complexity index is 582. The predicted molar refractivity (Wildman–Crippen MR) is 74.8 cm³/mol. The number of carboxylic acid groups (broad SMARTS) is 1. The number of aromatic carboxylic acids is 1. The maximum atomic E-state index is 13.7. The Morgan fingerprint density at radius 3 is 2.57 bits per heavy atom. The van der Waals surface area contributed by atoms with Crippen molar-refractivity contribution >= 4 is 17.7 Å². The van der Waals surface area contributed by atoms with Crippen LogP contribution in [0, 0.1) is 11.7 Å². The van der Waals surface area contributed by atoms with E-state index in [4.69, 9.17) is 5.11 Å². The molecule has 2 aliphatic rings. The first-order valence-corrected chi connectivity index (χ1v) is 7.15. The molecule has 0 spiro atoms. The Labute approximate surface area is 121 Å². The number of rotatable bonds is 5. The van der Waals surface area contributed by atoms with Crippen LogP contribution in [0.25, 0.3) is 0 Å². The molecule has 2 amide bonds. The van der Waals surface area contributed by atoms with Crippen molar-refractivity contribution < 1.29 is 19.1 Å². The summed E-state index contributed by atoms with van der Waals surface area (Å²) in [6.45, 7) is 0.705. The average molecular weight is 292 g/mol. The first kappa shape index (κ1) is 13.9. The molecule has 0 saturated heterocycles. The Morgan fingerprint density at radius 2 is 2.00 bits per heavy atom. The molecule has 0 radical (unpaired) electrons. The van der Waals surface area contributed by atoms with Gasteiger partial charge in [-0.3, -0.25) is 0 Å². The van der Waals surface area contributed by atoms with Crippen LogP contribution in [0.2, 0.25) is 0 Å². The molecule has 3 rings (SSSR count). The molecule has 0 bridgehead atoms. The minimum absolute atomic E-state index is 0.0492. The van der Waals surface area contributed by atoms with E-state index in [0.717, 1.165) is 37.8 Å². The molecule has 0 heterocycles. The molecule has 2 aliphatic carbocycles. The SMILES string of the molecule is O=C(O)c1ccc(F)c(NC(=O)N(CC2CC2)C2CC2)c1. The number of hydrogen-bond acceptors (Lipinski definition) is 2. The summed E-state index contributed by atoms with van der Waals surface area (Å²) in [5, 5.41) is 11.4. The van der Waals surface area contributed by atoms with Crippen molar-refractivity contribution in [3.8, 4) is 0 Å². The molecule has 0 aromatic heterocycles. The average Bonchev–Trinajstić information content (AvgIpc) is 3.31. The second-order valence-electron chi connectivity index (χ2n) is 5.76. The highest BCUT2D eigenvalue weighted by atomic mass is 19.1. The van der Waals surface area contributed by atoms with Gasteiger partial charge in [0.25, 0.3) is 0 Å². The number of carboxylic acids is 1. The van der Waals surface area contributed by atoms with Gasteiger partial charge in [0, 0.05) is 12.6 Å². The van der Waals surface area contributed by atoms with Crippen LogP contribution in [0.1, 0.15) is 36.0 Å². The zero-order chi connectivity index (χ0) is 15.0. The Morgan fingerprint density at radius 1 is 1.29 bits per heavy atom. The first-order chi connectivity index (χ1) is 10.0. The van der Waals surface area contributed by atoms with Crippen molar-refractivity contribution in [1.82, 2.24) is 4.90 Å². The molecule has 0 atom stereocenters. The molecule has 21 heavy (non-hydrogen) atoms. The smallest absolute Gasteiger partial charge is 0.335 e. The highest BCUT2D eigenvalue weighted by molar-refractivity contribution is 5.93. The van der Waals surface area contributed by atoms with Crippen molar-refractivity contribution in [1.29, 1.82) is 0 Å². The Kier molecular flexibility index (Phi) is 3.53. The summed E-state index contributed by atoms with van der Waals surface area (Å²) in [6, 6.07) is 3.29. The van der Waals surface area contributed by atoms with Gasteiger partial charge >= 0.3 is 12.0 Å². The summed E-state index contributed by atoms with van der Waals surface area (Å²) in [4.78, 5) is 25.0. The molecular weight excluding hydrogens is 275 g/mol. The van der Waals surface area contributed by atoms with E-state index in [1.807, 2.05) is 0 Å². The predicted octanol–water partition coefficient (Wildman–Crippen LogP) is 2.93. The molecule has 112 valence electrons. The largest absolute Gasteiger partial charge is 0.478 e. The Balaban J connectivity index is 1.73. The van der Waals surface area contributed by atoms with Crippen molar-refractivity contribution in [3.05, 3.63) is 29.6 Å². The number of halogens is 1. The lowest BCUT2D eigenvalue weighted by Crippen LogP contribution is -2.38. The summed E-state index contributed by atoms with van der Waals surface area (Å²) >= 11 is 0. The van der Waals surface area contributed by atoms with Crippen molar-refractivity contribution in [2.75, 3.05) is 11.9 Å². The summed E-state index contributed by atoms with van der Waals surface area (Å²) in [5.74, 6) is -1.22. The van der Waals surface area contributed by atoms with Gasteiger partial charge in [0.2, 0.25) is 0 Å². The van der Waals surface area contributed by atoms with Gasteiger partial charge in [-0.2, -0.15) is 0 Å². The van der Waals surface area contributed by atoms with E-state index in [1.54, 1.807) is 4.90 Å². The van der Waals surface area contributed by atoms with Gasteiger partial charge in [-0.25, -0.2) is 14.0 Å². The molecule has 6 heteroatoms. The van der Waals surface area contributed by atoms with E-state index in [1.165, 1.54) is 6.07 Å². The molecule has 0 aliphatic heterocycles. The quantitative estimate of drug-likeness (QED) is 0.876. The second kappa shape index (κ2) is 5.35. The molecule has 1 aromatic carbocycles.